The van der Waals surface area contributed by atoms with Crippen molar-refractivity contribution in [3.63, 3.8) is 0 Å². The smallest absolute Gasteiger partial charge is 0.255 e. The highest BCUT2D eigenvalue weighted by molar-refractivity contribution is 7.93. The maximum Gasteiger partial charge on any atom is 0.255 e. The molecule has 2 aromatic carbocycles. The first-order valence-corrected chi connectivity index (χ1v) is 11.4. The topological polar surface area (TPSA) is 92.3 Å². The van der Waals surface area contributed by atoms with Crippen molar-refractivity contribution in [1.82, 2.24) is 0 Å². The molecule has 0 aliphatic heterocycles. The van der Waals surface area contributed by atoms with Crippen molar-refractivity contribution in [2.45, 2.75) is 17.6 Å². The number of carbonyl (C=O) groups is 2. The van der Waals surface area contributed by atoms with E-state index in [-0.39, 0.29) is 22.3 Å². The van der Waals surface area contributed by atoms with Gasteiger partial charge in [-0.2, -0.15) is 0 Å². The highest BCUT2D eigenvalue weighted by atomic mass is 32.2. The van der Waals surface area contributed by atoms with E-state index in [2.05, 4.69) is 10.6 Å². The van der Waals surface area contributed by atoms with Gasteiger partial charge in [-0.1, -0.05) is 23.8 Å². The average molecular weight is 429 g/mol. The molecule has 0 saturated heterocycles. The fourth-order valence-corrected chi connectivity index (χ4v) is 4.93. The maximum atomic E-state index is 12.3. The molecule has 0 spiro atoms. The van der Waals surface area contributed by atoms with Crippen molar-refractivity contribution in [2.24, 2.45) is 0 Å². The van der Waals surface area contributed by atoms with E-state index >= 15 is 0 Å². The van der Waals surface area contributed by atoms with Gasteiger partial charge in [0.05, 0.1) is 5.75 Å². The van der Waals surface area contributed by atoms with Crippen LogP contribution in [0.4, 0.5) is 11.4 Å². The zero-order valence-electron chi connectivity index (χ0n) is 15.7. The number of anilines is 2. The Morgan fingerprint density at radius 3 is 2.14 bits per heavy atom. The van der Waals surface area contributed by atoms with E-state index in [1.165, 1.54) is 6.07 Å². The van der Waals surface area contributed by atoms with Crippen molar-refractivity contribution in [3.8, 4) is 0 Å². The molecule has 0 aliphatic rings. The number of hydrogen-bond donors (Lipinski definition) is 2. The number of amides is 2. The van der Waals surface area contributed by atoms with Gasteiger partial charge < -0.3 is 10.6 Å². The van der Waals surface area contributed by atoms with Gasteiger partial charge in [0, 0.05) is 23.4 Å². The quantitative estimate of drug-likeness (QED) is 0.592. The van der Waals surface area contributed by atoms with E-state index in [1.54, 1.807) is 35.7 Å². The number of rotatable bonds is 7. The van der Waals surface area contributed by atoms with Crippen LogP contribution >= 0.6 is 11.3 Å². The maximum absolute atomic E-state index is 12.3. The predicted molar refractivity (Wildman–Crippen MR) is 115 cm³/mol. The summed E-state index contributed by atoms with van der Waals surface area (Å²) in [4.78, 5) is 24.4. The third-order valence-corrected chi connectivity index (χ3v) is 7.34. The Morgan fingerprint density at radius 2 is 1.52 bits per heavy atom. The fourth-order valence-electron chi connectivity index (χ4n) is 2.54. The third kappa shape index (κ3) is 5.75. The van der Waals surface area contributed by atoms with Crippen molar-refractivity contribution >= 4 is 44.4 Å². The van der Waals surface area contributed by atoms with Gasteiger partial charge in [-0.15, -0.1) is 11.3 Å². The van der Waals surface area contributed by atoms with Gasteiger partial charge >= 0.3 is 0 Å². The molecule has 150 valence electrons. The van der Waals surface area contributed by atoms with E-state index in [4.69, 9.17) is 0 Å². The van der Waals surface area contributed by atoms with Crippen molar-refractivity contribution < 1.29 is 18.0 Å². The summed E-state index contributed by atoms with van der Waals surface area (Å²) in [6.07, 6.45) is -0.143. The minimum absolute atomic E-state index is 0.143. The van der Waals surface area contributed by atoms with Crippen molar-refractivity contribution in [1.29, 1.82) is 0 Å². The SMILES string of the molecule is Cc1ccc(NC(=O)c2ccc(NC(=O)CCS(=O)(=O)c3cccs3)cc2)cc1. The first-order valence-electron chi connectivity index (χ1n) is 8.88. The standard InChI is InChI=1S/C21H20N2O4S2/c1-15-4-8-18(9-5-15)23-21(25)16-6-10-17(11-7-16)22-19(24)12-14-29(26,27)20-3-2-13-28-20/h2-11,13H,12,14H2,1H3,(H,22,24)(H,23,25). The molecule has 3 aromatic rings. The van der Waals surface area contributed by atoms with Gasteiger partial charge in [0.25, 0.3) is 5.91 Å². The van der Waals surface area contributed by atoms with E-state index < -0.39 is 15.7 Å². The van der Waals surface area contributed by atoms with E-state index in [9.17, 15) is 18.0 Å². The molecule has 3 rings (SSSR count). The zero-order chi connectivity index (χ0) is 20.9. The predicted octanol–water partition coefficient (Wildman–Crippen LogP) is 4.11. The molecule has 2 amide bonds. The van der Waals surface area contributed by atoms with Crippen LogP contribution in [0.25, 0.3) is 0 Å². The molecule has 0 radical (unpaired) electrons. The van der Waals surface area contributed by atoms with Gasteiger partial charge in [0.1, 0.15) is 4.21 Å². The average Bonchev–Trinajstić information content (AvgIpc) is 3.25. The van der Waals surface area contributed by atoms with Gasteiger partial charge in [-0.25, -0.2) is 8.42 Å². The molecule has 6 nitrogen and oxygen atoms in total. The summed E-state index contributed by atoms with van der Waals surface area (Å²) in [7, 11) is -3.45. The third-order valence-electron chi connectivity index (χ3n) is 4.14. The number of aryl methyl sites for hydroxylation is 1. The van der Waals surface area contributed by atoms with Crippen LogP contribution in [0.2, 0.25) is 0 Å². The van der Waals surface area contributed by atoms with Gasteiger partial charge in [-0.05, 0) is 54.8 Å². The lowest BCUT2D eigenvalue weighted by Crippen LogP contribution is -2.17. The van der Waals surface area contributed by atoms with E-state index in [0.29, 0.717) is 16.9 Å². The lowest BCUT2D eigenvalue weighted by atomic mass is 10.1. The molecular formula is C21H20N2O4S2. The van der Waals surface area contributed by atoms with Crippen molar-refractivity contribution in [2.75, 3.05) is 16.4 Å². The fraction of sp³-hybridized carbons (Fsp3) is 0.143. The number of hydrogen-bond acceptors (Lipinski definition) is 5. The lowest BCUT2D eigenvalue weighted by Gasteiger charge is -2.08. The largest absolute Gasteiger partial charge is 0.326 e. The number of benzene rings is 2. The van der Waals surface area contributed by atoms with E-state index in [0.717, 1.165) is 16.9 Å². The van der Waals surface area contributed by atoms with Crippen LogP contribution in [0.1, 0.15) is 22.3 Å². The summed E-state index contributed by atoms with van der Waals surface area (Å²) in [6, 6.07) is 17.1. The monoisotopic (exact) mass is 428 g/mol. The Labute approximate surface area is 173 Å². The lowest BCUT2D eigenvalue weighted by molar-refractivity contribution is -0.115. The molecular weight excluding hydrogens is 408 g/mol. The summed E-state index contributed by atoms with van der Waals surface area (Å²) in [6.45, 7) is 1.97. The highest BCUT2D eigenvalue weighted by Gasteiger charge is 2.17. The summed E-state index contributed by atoms with van der Waals surface area (Å²) in [5.74, 6) is -0.910. The molecule has 29 heavy (non-hydrogen) atoms. The van der Waals surface area contributed by atoms with Crippen LogP contribution < -0.4 is 10.6 Å². The Balaban J connectivity index is 1.53. The van der Waals surface area contributed by atoms with Gasteiger partial charge in [0.15, 0.2) is 9.84 Å². The summed E-state index contributed by atoms with van der Waals surface area (Å²) in [5.41, 5.74) is 2.75. The Bertz CT molecular complexity index is 1090. The number of sulfone groups is 1. The van der Waals surface area contributed by atoms with Crippen LogP contribution in [0.15, 0.2) is 70.3 Å². The first kappa shape index (κ1) is 20.8. The van der Waals surface area contributed by atoms with Gasteiger partial charge in [-0.3, -0.25) is 9.59 Å². The second kappa shape index (κ2) is 9.02. The molecule has 0 bridgehead atoms. The van der Waals surface area contributed by atoms with Crippen molar-refractivity contribution in [3.05, 3.63) is 77.2 Å². The summed E-state index contributed by atoms with van der Waals surface area (Å²) < 4.78 is 24.5. The van der Waals surface area contributed by atoms with Gasteiger partial charge in [0.2, 0.25) is 5.91 Å². The van der Waals surface area contributed by atoms with Crippen LogP contribution in [0.5, 0.6) is 0 Å². The number of nitrogens with one attached hydrogen (secondary N) is 2. The number of thiophene rings is 1. The molecule has 0 saturated carbocycles. The normalized spacial score (nSPS) is 11.1. The molecule has 0 aliphatic carbocycles. The second-order valence-corrected chi connectivity index (χ2v) is 9.73. The molecule has 0 fully saturated rings. The summed E-state index contributed by atoms with van der Waals surface area (Å²) in [5, 5.41) is 7.14. The molecule has 1 heterocycles. The van der Waals surface area contributed by atoms with E-state index in [1.807, 2.05) is 31.2 Å². The molecule has 8 heteroatoms. The van der Waals surface area contributed by atoms with Crippen LogP contribution in [0, 0.1) is 6.92 Å². The Hall–Kier alpha value is -2.97. The first-order chi connectivity index (χ1) is 13.8. The minimum Gasteiger partial charge on any atom is -0.326 e. The zero-order valence-corrected chi connectivity index (χ0v) is 17.3. The Kier molecular flexibility index (Phi) is 6.46. The minimum atomic E-state index is -3.45. The molecule has 0 atom stereocenters. The second-order valence-electron chi connectivity index (χ2n) is 6.45. The molecule has 1 aromatic heterocycles. The number of carbonyl (C=O) groups excluding carboxylic acids is 2. The summed E-state index contributed by atoms with van der Waals surface area (Å²) >= 11 is 1.13. The highest BCUT2D eigenvalue weighted by Crippen LogP contribution is 2.18. The van der Waals surface area contributed by atoms with Crippen LogP contribution in [-0.2, 0) is 14.6 Å². The molecule has 0 unspecified atom stereocenters. The Morgan fingerprint density at radius 1 is 0.897 bits per heavy atom. The van der Waals surface area contributed by atoms with Crippen LogP contribution in [-0.4, -0.2) is 26.0 Å². The van der Waals surface area contributed by atoms with Crippen LogP contribution in [0.3, 0.4) is 0 Å². The molecule has 2 N–H and O–H groups in total.